The van der Waals surface area contributed by atoms with E-state index in [1.54, 1.807) is 13.0 Å². The predicted octanol–water partition coefficient (Wildman–Crippen LogP) is 4.61. The molecule has 3 rings (SSSR count). The summed E-state index contributed by atoms with van der Waals surface area (Å²) in [6.07, 6.45) is -0.346. The van der Waals surface area contributed by atoms with Gasteiger partial charge in [-0.2, -0.15) is 13.2 Å². The summed E-state index contributed by atoms with van der Waals surface area (Å²) in [5.41, 5.74) is 0.120. The molecular weight excluding hydrogens is 383 g/mol. The largest absolute Gasteiger partial charge is 0.494 e. The Labute approximate surface area is 170 Å². The first-order valence-electron chi connectivity index (χ1n) is 10.5. The standard InChI is InChI=1S/C22H30F3NO3/c1-3-15(12-27)20(28)26-13-21(14-26)7-5-16(6-8-21)17-9-18(22(23,24)25)11-19(10-17)29-4-2/h9-11,15-16,27H,3-8,12-14H2,1-2H3/t15-/m1/s1. The highest BCUT2D eigenvalue weighted by molar-refractivity contribution is 5.80. The first-order chi connectivity index (χ1) is 13.7. The van der Waals surface area contributed by atoms with Crippen molar-refractivity contribution in [3.63, 3.8) is 0 Å². The first-order valence-corrected chi connectivity index (χ1v) is 10.5. The Morgan fingerprint density at radius 1 is 1.24 bits per heavy atom. The second kappa shape index (κ2) is 8.54. The number of alkyl halides is 3. The van der Waals surface area contributed by atoms with E-state index in [0.717, 1.165) is 31.7 Å². The van der Waals surface area contributed by atoms with Crippen molar-refractivity contribution < 1.29 is 27.8 Å². The van der Waals surface area contributed by atoms with Crippen molar-refractivity contribution in [1.29, 1.82) is 0 Å². The maximum atomic E-state index is 13.3. The molecule has 1 heterocycles. The van der Waals surface area contributed by atoms with Gasteiger partial charge in [-0.1, -0.05) is 6.92 Å². The Morgan fingerprint density at radius 2 is 1.90 bits per heavy atom. The highest BCUT2D eigenvalue weighted by Crippen LogP contribution is 2.49. The van der Waals surface area contributed by atoms with Gasteiger partial charge in [-0.3, -0.25) is 4.79 Å². The SMILES string of the molecule is CCOc1cc(C2CCC3(CC2)CN(C(=O)[C@H](CC)CO)C3)cc(C(F)(F)F)c1. The number of aliphatic hydroxyl groups excluding tert-OH is 1. The van der Waals surface area contributed by atoms with Gasteiger partial charge in [-0.15, -0.1) is 0 Å². The summed E-state index contributed by atoms with van der Waals surface area (Å²) in [6.45, 7) is 5.24. The summed E-state index contributed by atoms with van der Waals surface area (Å²) in [5.74, 6) is 0.0353. The van der Waals surface area contributed by atoms with Gasteiger partial charge in [0.25, 0.3) is 0 Å². The summed E-state index contributed by atoms with van der Waals surface area (Å²) >= 11 is 0. The van der Waals surface area contributed by atoms with Gasteiger partial charge in [0.1, 0.15) is 5.75 Å². The Balaban J connectivity index is 1.64. The number of aliphatic hydroxyl groups is 1. The number of halogens is 3. The third-order valence-electron chi connectivity index (χ3n) is 6.51. The van der Waals surface area contributed by atoms with Gasteiger partial charge in [0.05, 0.1) is 24.7 Å². The molecule has 1 saturated heterocycles. The summed E-state index contributed by atoms with van der Waals surface area (Å²) in [5, 5.41) is 9.33. The van der Waals surface area contributed by atoms with E-state index in [4.69, 9.17) is 4.74 Å². The van der Waals surface area contributed by atoms with Crippen LogP contribution < -0.4 is 4.74 Å². The van der Waals surface area contributed by atoms with Crippen molar-refractivity contribution in [3.05, 3.63) is 29.3 Å². The van der Waals surface area contributed by atoms with Crippen molar-refractivity contribution in [2.75, 3.05) is 26.3 Å². The molecule has 1 aromatic rings. The molecule has 162 valence electrons. The monoisotopic (exact) mass is 413 g/mol. The minimum absolute atomic E-state index is 0.0157. The average molecular weight is 413 g/mol. The van der Waals surface area contributed by atoms with Gasteiger partial charge < -0.3 is 14.7 Å². The Kier molecular flexibility index (Phi) is 6.46. The van der Waals surface area contributed by atoms with Gasteiger partial charge in [0.2, 0.25) is 5.91 Å². The highest BCUT2D eigenvalue weighted by atomic mass is 19.4. The van der Waals surface area contributed by atoms with E-state index in [1.165, 1.54) is 6.07 Å². The first kappa shape index (κ1) is 21.9. The van der Waals surface area contributed by atoms with Crippen LogP contribution in [0.4, 0.5) is 13.2 Å². The third kappa shape index (κ3) is 4.71. The number of carbonyl (C=O) groups excluding carboxylic acids is 1. The topological polar surface area (TPSA) is 49.8 Å². The molecule has 2 aliphatic rings. The number of likely N-dealkylation sites (tertiary alicyclic amines) is 1. The number of carbonyl (C=O) groups is 1. The molecule has 1 N–H and O–H groups in total. The molecule has 1 spiro atoms. The molecule has 1 saturated carbocycles. The van der Waals surface area contributed by atoms with Crippen molar-refractivity contribution in [1.82, 2.24) is 4.90 Å². The van der Waals surface area contributed by atoms with Crippen LogP contribution in [0.25, 0.3) is 0 Å². The molecule has 0 radical (unpaired) electrons. The van der Waals surface area contributed by atoms with E-state index in [1.807, 2.05) is 11.8 Å². The lowest BCUT2D eigenvalue weighted by molar-refractivity contribution is -0.151. The summed E-state index contributed by atoms with van der Waals surface area (Å²) in [6, 6.07) is 4.07. The second-order valence-electron chi connectivity index (χ2n) is 8.48. The molecular formula is C22H30F3NO3. The number of amides is 1. The lowest BCUT2D eigenvalue weighted by Gasteiger charge is -2.54. The normalized spacial score (nSPS) is 20.4. The van der Waals surface area contributed by atoms with Gasteiger partial charge >= 0.3 is 6.18 Å². The maximum Gasteiger partial charge on any atom is 0.416 e. The zero-order chi connectivity index (χ0) is 21.2. The molecule has 0 unspecified atom stereocenters. The fourth-order valence-corrected chi connectivity index (χ4v) is 4.71. The van der Waals surface area contributed by atoms with Crippen LogP contribution in [0.1, 0.15) is 63.0 Å². The number of hydrogen-bond acceptors (Lipinski definition) is 3. The lowest BCUT2D eigenvalue weighted by Crippen LogP contribution is -2.60. The summed E-state index contributed by atoms with van der Waals surface area (Å²) < 4.78 is 45.2. The zero-order valence-corrected chi connectivity index (χ0v) is 17.1. The van der Waals surface area contributed by atoms with Crippen LogP contribution >= 0.6 is 0 Å². The molecule has 0 aromatic heterocycles. The number of rotatable bonds is 6. The Morgan fingerprint density at radius 3 is 2.41 bits per heavy atom. The van der Waals surface area contributed by atoms with Crippen LogP contribution in [0.15, 0.2) is 18.2 Å². The van der Waals surface area contributed by atoms with E-state index < -0.39 is 11.7 Å². The van der Waals surface area contributed by atoms with E-state index in [0.29, 0.717) is 31.7 Å². The fraction of sp³-hybridized carbons (Fsp3) is 0.682. The number of ether oxygens (including phenoxy) is 1. The summed E-state index contributed by atoms with van der Waals surface area (Å²) in [7, 11) is 0. The van der Waals surface area contributed by atoms with Gasteiger partial charge in [-0.05, 0) is 68.7 Å². The van der Waals surface area contributed by atoms with Crippen LogP contribution in [0, 0.1) is 11.3 Å². The average Bonchev–Trinajstić information content (AvgIpc) is 2.66. The fourth-order valence-electron chi connectivity index (χ4n) is 4.71. The highest BCUT2D eigenvalue weighted by Gasteiger charge is 2.48. The molecule has 1 aliphatic carbocycles. The van der Waals surface area contributed by atoms with Gasteiger partial charge in [0.15, 0.2) is 0 Å². The van der Waals surface area contributed by atoms with E-state index in [2.05, 4.69) is 0 Å². The molecule has 2 fully saturated rings. The second-order valence-corrected chi connectivity index (χ2v) is 8.48. The Hall–Kier alpha value is -1.76. The molecule has 1 aliphatic heterocycles. The van der Waals surface area contributed by atoms with Crippen LogP contribution in [-0.2, 0) is 11.0 Å². The molecule has 29 heavy (non-hydrogen) atoms. The molecule has 4 nitrogen and oxygen atoms in total. The lowest BCUT2D eigenvalue weighted by atomic mass is 9.64. The maximum absolute atomic E-state index is 13.3. The van der Waals surface area contributed by atoms with Gasteiger partial charge in [0, 0.05) is 18.5 Å². The van der Waals surface area contributed by atoms with Crippen LogP contribution in [0.3, 0.4) is 0 Å². The van der Waals surface area contributed by atoms with Crippen molar-refractivity contribution in [3.8, 4) is 5.75 Å². The van der Waals surface area contributed by atoms with Crippen molar-refractivity contribution >= 4 is 5.91 Å². The molecule has 7 heteroatoms. The molecule has 1 amide bonds. The van der Waals surface area contributed by atoms with Crippen LogP contribution in [-0.4, -0.2) is 42.2 Å². The smallest absolute Gasteiger partial charge is 0.416 e. The van der Waals surface area contributed by atoms with E-state index >= 15 is 0 Å². The minimum Gasteiger partial charge on any atom is -0.494 e. The molecule has 1 aromatic carbocycles. The molecule has 1 atom stereocenters. The minimum atomic E-state index is -4.39. The van der Waals surface area contributed by atoms with Crippen LogP contribution in [0.5, 0.6) is 5.75 Å². The predicted molar refractivity (Wildman–Crippen MR) is 104 cm³/mol. The van der Waals surface area contributed by atoms with Crippen molar-refractivity contribution in [2.45, 2.75) is 58.0 Å². The molecule has 0 bridgehead atoms. The number of nitrogens with zero attached hydrogens (tertiary/aromatic N) is 1. The number of hydrogen-bond donors (Lipinski definition) is 1. The Bertz CT molecular complexity index is 715. The quantitative estimate of drug-likeness (QED) is 0.741. The third-order valence-corrected chi connectivity index (χ3v) is 6.51. The van der Waals surface area contributed by atoms with E-state index in [9.17, 15) is 23.1 Å². The van der Waals surface area contributed by atoms with Crippen LogP contribution in [0.2, 0.25) is 0 Å². The zero-order valence-electron chi connectivity index (χ0n) is 17.1. The van der Waals surface area contributed by atoms with Crippen molar-refractivity contribution in [2.24, 2.45) is 11.3 Å². The number of benzene rings is 1. The van der Waals surface area contributed by atoms with Gasteiger partial charge in [-0.25, -0.2) is 0 Å². The summed E-state index contributed by atoms with van der Waals surface area (Å²) in [4.78, 5) is 14.2. The van der Waals surface area contributed by atoms with E-state index in [-0.39, 0.29) is 35.5 Å².